The van der Waals surface area contributed by atoms with E-state index >= 15 is 0 Å². The van der Waals surface area contributed by atoms with Crippen molar-refractivity contribution in [2.45, 2.75) is 178 Å². The molecule has 606 valence electrons. The molecule has 40 heteroatoms. The number of benzene rings is 3. The molecule has 1 aromatic heterocycles. The maximum absolute atomic E-state index is 14.7. The van der Waals surface area contributed by atoms with Gasteiger partial charge in [-0.15, -0.1) is 0 Å². The van der Waals surface area contributed by atoms with Gasteiger partial charge in [-0.25, -0.2) is 4.79 Å². The number of guanidine groups is 1. The van der Waals surface area contributed by atoms with Crippen LogP contribution in [0.25, 0.3) is 10.9 Å². The molecule has 111 heavy (non-hydrogen) atoms. The number of aliphatic hydroxyl groups excluding tert-OH is 2. The Morgan fingerprint density at radius 2 is 0.946 bits per heavy atom. The monoisotopic (exact) mass is 1550 g/mol. The van der Waals surface area contributed by atoms with Crippen molar-refractivity contribution in [3.63, 3.8) is 0 Å². The number of carbonyl (C=O) groups excluding carboxylic acids is 15. The number of phenols is 1. The molecule has 13 atom stereocenters. The van der Waals surface area contributed by atoms with Gasteiger partial charge in [-0.1, -0.05) is 94.8 Å². The van der Waals surface area contributed by atoms with E-state index in [1.165, 1.54) is 38.1 Å². The van der Waals surface area contributed by atoms with Gasteiger partial charge in [0.2, 0.25) is 88.6 Å². The maximum Gasteiger partial charge on any atom is 0.326 e. The Morgan fingerprint density at radius 3 is 1.48 bits per heavy atom. The summed E-state index contributed by atoms with van der Waals surface area (Å²) in [4.78, 5) is 219. The van der Waals surface area contributed by atoms with Crippen LogP contribution in [0.4, 0.5) is 0 Å². The van der Waals surface area contributed by atoms with Crippen molar-refractivity contribution >= 4 is 111 Å². The van der Waals surface area contributed by atoms with E-state index in [1.54, 1.807) is 81.6 Å². The number of primary amides is 3. The van der Waals surface area contributed by atoms with Crippen molar-refractivity contribution in [2.75, 3.05) is 26.3 Å². The van der Waals surface area contributed by atoms with Crippen molar-refractivity contribution in [3.8, 4) is 5.75 Å². The van der Waals surface area contributed by atoms with Crippen LogP contribution in [0.2, 0.25) is 0 Å². The number of hydrogen-bond acceptors (Lipinski definition) is 21. The Hall–Kier alpha value is -12.3. The van der Waals surface area contributed by atoms with Crippen LogP contribution in [-0.2, 0) is 96.0 Å². The van der Waals surface area contributed by atoms with Crippen LogP contribution >= 0.6 is 0 Å². The van der Waals surface area contributed by atoms with Gasteiger partial charge in [0.05, 0.1) is 38.6 Å². The van der Waals surface area contributed by atoms with E-state index in [1.807, 2.05) is 0 Å². The highest BCUT2D eigenvalue weighted by molar-refractivity contribution is 6.01. The molecule has 40 nitrogen and oxygen atoms in total. The third-order valence-electron chi connectivity index (χ3n) is 17.3. The number of nitrogens with one attached hydrogen (secondary N) is 15. The fourth-order valence-electron chi connectivity index (χ4n) is 11.1. The Labute approximate surface area is 637 Å². The molecule has 0 radical (unpaired) electrons. The van der Waals surface area contributed by atoms with Crippen LogP contribution in [0.15, 0.2) is 85.1 Å². The molecule has 0 spiro atoms. The van der Waals surface area contributed by atoms with E-state index in [2.05, 4.69) is 74.1 Å². The second-order valence-electron chi connectivity index (χ2n) is 26.8. The lowest BCUT2D eigenvalue weighted by atomic mass is 9.97. The molecule has 0 unspecified atom stereocenters. The van der Waals surface area contributed by atoms with Crippen LogP contribution in [-0.4, -0.2) is 225 Å². The van der Waals surface area contributed by atoms with Crippen LogP contribution in [0.1, 0.15) is 103 Å². The summed E-state index contributed by atoms with van der Waals surface area (Å²) in [6, 6.07) is 1.01. The molecular formula is C71H102N20O20. The molecule has 29 N–H and O–H groups in total. The van der Waals surface area contributed by atoms with Gasteiger partial charge in [-0.3, -0.25) is 77.3 Å². The smallest absolute Gasteiger partial charge is 0.326 e. The first-order valence-corrected chi connectivity index (χ1v) is 35.5. The number of carboxylic acid groups (broad SMARTS) is 1. The molecule has 0 bridgehead atoms. The van der Waals surface area contributed by atoms with E-state index < -0.39 is 224 Å². The fourth-order valence-corrected chi connectivity index (χ4v) is 11.1. The highest BCUT2D eigenvalue weighted by Gasteiger charge is 2.38. The van der Waals surface area contributed by atoms with E-state index in [-0.39, 0.29) is 56.8 Å². The normalized spacial score (nSPS) is 14.6. The molecule has 4 rings (SSSR count). The van der Waals surface area contributed by atoms with Gasteiger partial charge >= 0.3 is 5.97 Å². The second-order valence-corrected chi connectivity index (χ2v) is 26.8. The number of phenolic OH excluding ortho intramolecular Hbond substituents is 1. The second kappa shape index (κ2) is 45.5. The topological polar surface area (TPSA) is 680 Å². The van der Waals surface area contributed by atoms with Gasteiger partial charge in [-0.05, 0) is 79.3 Å². The molecular weight excluding hydrogens is 1450 g/mol. The van der Waals surface area contributed by atoms with Crippen molar-refractivity contribution in [1.29, 1.82) is 5.41 Å². The SMILES string of the molecule is CC[C@H](C)[C@H](NC(=O)CNC(=O)[C@H](CCC(N)=O)NC(=O)[C@H](CO)NC(=O)[C@H](C)NC(=O)[C@@H](N)CCCNC(=N)N)C(=O)N[C@@H](CO)C(=O)N[C@@H](CC(N)=O)C(=O)N[C@@H](Cc1ccccc1)C(=O)N[C@@H](CC(C)C)C(=O)N[C@@H](CC(N)=O)C(=O)N[C@@H](Cc1c[nH]c2ccccc12)C(=O)N[C@@H](Cc1ccc(O)cc1)C(=O)O. The summed E-state index contributed by atoms with van der Waals surface area (Å²) in [7, 11) is 0. The van der Waals surface area contributed by atoms with Gasteiger partial charge < -0.3 is 123 Å². The number of fused-ring (bicyclic) bond motifs is 1. The third-order valence-corrected chi connectivity index (χ3v) is 17.3. The first-order valence-electron chi connectivity index (χ1n) is 35.5. The quantitative estimate of drug-likeness (QED) is 0.0111. The number of aromatic hydroxyl groups is 1. The Morgan fingerprint density at radius 1 is 0.477 bits per heavy atom. The van der Waals surface area contributed by atoms with Crippen molar-refractivity contribution < 1.29 is 97.1 Å². The largest absolute Gasteiger partial charge is 0.508 e. The number of carbonyl (C=O) groups is 16. The van der Waals surface area contributed by atoms with E-state index in [9.17, 15) is 97.1 Å². The zero-order chi connectivity index (χ0) is 82.8. The highest BCUT2D eigenvalue weighted by Crippen LogP contribution is 2.21. The minimum atomic E-state index is -1.96. The molecule has 0 saturated carbocycles. The molecule has 4 aromatic rings. The standard InChI is InChI=1S/C71H102N20O20/c1-6-36(4)58(91-57(98)32-80-61(101)45(22-23-54(73)95)82-67(107)52(33-92)89-59(99)37(5)81-60(100)43(72)16-12-24-78-71(76)77)69(109)90-53(34-93)68(108)87-50(30-56(75)97)65(105)84-47(26-38-13-8-7-9-14-38)63(103)83-46(25-35(2)3)62(102)86-49(29-55(74)96)66(106)85-48(28-40-31-79-44-17-11-10-15-42(40)44)64(104)88-51(70(110)111)27-39-18-20-41(94)21-19-39/h7-11,13-15,17-21,31,35-37,43,45-53,58,79,92-94H,6,12,16,22-30,32-34,72H2,1-5H3,(H2,73,95)(H2,74,96)(H2,75,97)(H,80,101)(H,81,100)(H,82,107)(H,83,103)(H,84,105)(H,85,106)(H,86,102)(H,87,108)(H,88,104)(H,89,99)(H,90,109)(H,91,98)(H,110,111)(H4,76,77,78)/t36-,37-,43-,45-,46-,47-,48-,49-,50-,51-,52-,53-,58-/m0/s1. The summed E-state index contributed by atoms with van der Waals surface area (Å²) in [6.45, 7) is 4.85. The lowest BCUT2D eigenvalue weighted by Gasteiger charge is -2.28. The zero-order valence-electron chi connectivity index (χ0n) is 62.0. The number of aliphatic hydroxyl groups is 2. The van der Waals surface area contributed by atoms with Crippen LogP contribution < -0.4 is 97.8 Å². The van der Waals surface area contributed by atoms with Gasteiger partial charge in [0.1, 0.15) is 72.2 Å². The Bertz CT molecular complexity index is 3940. The van der Waals surface area contributed by atoms with Gasteiger partial charge in [0, 0.05) is 49.3 Å². The summed E-state index contributed by atoms with van der Waals surface area (Å²) in [5.74, 6) is -19.1. The third kappa shape index (κ3) is 31.4. The number of carboxylic acids is 1. The van der Waals surface area contributed by atoms with Gasteiger partial charge in [-0.2, -0.15) is 0 Å². The minimum absolute atomic E-state index is 0.0968. The predicted octanol–water partition coefficient (Wildman–Crippen LogP) is -6.86. The zero-order valence-corrected chi connectivity index (χ0v) is 62.0. The number of H-pyrrole nitrogens is 1. The molecule has 0 saturated heterocycles. The Kier molecular flexibility index (Phi) is 37.3. The molecule has 3 aromatic carbocycles. The predicted molar refractivity (Wildman–Crippen MR) is 398 cm³/mol. The average Bonchev–Trinajstić information content (AvgIpc) is 1.71. The Balaban J connectivity index is 1.51. The number of aliphatic carboxylic acids is 1. The summed E-state index contributed by atoms with van der Waals surface area (Å²) >= 11 is 0. The molecule has 1 heterocycles. The van der Waals surface area contributed by atoms with Crippen molar-refractivity contribution in [3.05, 3.63) is 102 Å². The number of aromatic nitrogens is 1. The van der Waals surface area contributed by atoms with Crippen molar-refractivity contribution in [2.24, 2.45) is 40.5 Å². The molecule has 0 aliphatic rings. The van der Waals surface area contributed by atoms with Crippen LogP contribution in [0, 0.1) is 17.2 Å². The minimum Gasteiger partial charge on any atom is -0.508 e. The fraction of sp³-hybridized carbons (Fsp3) is 0.479. The lowest BCUT2D eigenvalue weighted by molar-refractivity contribution is -0.142. The van der Waals surface area contributed by atoms with E-state index in [4.69, 9.17) is 34.1 Å². The van der Waals surface area contributed by atoms with Crippen LogP contribution in [0.5, 0.6) is 5.75 Å². The number of aromatic amines is 1. The van der Waals surface area contributed by atoms with Crippen molar-refractivity contribution in [1.82, 2.24) is 74.1 Å². The first kappa shape index (κ1) is 91.1. The summed E-state index contributed by atoms with van der Waals surface area (Å²) in [6.07, 6.45) is -1.60. The summed E-state index contributed by atoms with van der Waals surface area (Å²) in [5, 5.41) is 79.5. The summed E-state index contributed by atoms with van der Waals surface area (Å²) in [5.41, 5.74) is 29.6. The van der Waals surface area contributed by atoms with E-state index in [0.717, 1.165) is 0 Å². The number of para-hydroxylation sites is 1. The molecule has 0 aliphatic heterocycles. The van der Waals surface area contributed by atoms with Gasteiger partial charge in [0.15, 0.2) is 5.96 Å². The average molecular weight is 1560 g/mol. The number of nitrogens with two attached hydrogens (primary N) is 5. The molecule has 0 aliphatic carbocycles. The van der Waals surface area contributed by atoms with Gasteiger partial charge in [0.25, 0.3) is 0 Å². The maximum atomic E-state index is 14.7. The number of hydrogen-bond donors (Lipinski definition) is 24. The molecule has 15 amide bonds. The lowest BCUT2D eigenvalue weighted by Crippen LogP contribution is -2.62. The van der Waals surface area contributed by atoms with E-state index in [0.29, 0.717) is 34.0 Å². The number of amides is 15. The summed E-state index contributed by atoms with van der Waals surface area (Å²) < 4.78 is 0. The highest BCUT2D eigenvalue weighted by atomic mass is 16.4. The van der Waals surface area contributed by atoms with Crippen LogP contribution in [0.3, 0.4) is 0 Å². The first-order chi connectivity index (χ1) is 52.4. The molecule has 0 fully saturated rings. The number of rotatable bonds is 48.